The Hall–Kier alpha value is -2.75. The van der Waals surface area contributed by atoms with E-state index in [0.29, 0.717) is 12.6 Å². The number of anilines is 1. The molecule has 2 aliphatic rings. The van der Waals surface area contributed by atoms with E-state index in [1.807, 2.05) is 18.2 Å². The number of hydrogen-bond acceptors (Lipinski definition) is 3. The van der Waals surface area contributed by atoms with Crippen LogP contribution in [0.5, 0.6) is 5.75 Å². The maximum atomic E-state index is 6.12. The molecule has 26 heavy (non-hydrogen) atoms. The molecule has 0 radical (unpaired) electrons. The molecular weight excluding hydrogens is 322 g/mol. The molecule has 2 aromatic carbocycles. The lowest BCUT2D eigenvalue weighted by Crippen LogP contribution is -2.33. The monoisotopic (exact) mass is 345 g/mol. The lowest BCUT2D eigenvalue weighted by atomic mass is 9.82. The Morgan fingerprint density at radius 2 is 1.92 bits per heavy atom. The molecule has 5 rings (SSSR count). The molecule has 1 aliphatic heterocycles. The van der Waals surface area contributed by atoms with Crippen molar-refractivity contribution in [2.45, 2.75) is 39.0 Å². The first-order valence-corrected chi connectivity index (χ1v) is 9.39. The van der Waals surface area contributed by atoms with Crippen molar-refractivity contribution >= 4 is 5.69 Å². The summed E-state index contributed by atoms with van der Waals surface area (Å²) >= 11 is 0. The molecule has 0 spiro atoms. The van der Waals surface area contributed by atoms with Crippen LogP contribution in [0.15, 0.2) is 54.6 Å². The van der Waals surface area contributed by atoms with Gasteiger partial charge in [0.1, 0.15) is 12.4 Å². The van der Waals surface area contributed by atoms with Gasteiger partial charge in [-0.1, -0.05) is 43.3 Å². The van der Waals surface area contributed by atoms with Crippen molar-refractivity contribution in [3.63, 3.8) is 0 Å². The number of rotatable bonds is 3. The van der Waals surface area contributed by atoms with Crippen LogP contribution in [-0.2, 0) is 13.2 Å². The van der Waals surface area contributed by atoms with Gasteiger partial charge < -0.3 is 10.1 Å². The zero-order valence-corrected chi connectivity index (χ0v) is 15.0. The number of benzene rings is 2. The van der Waals surface area contributed by atoms with Gasteiger partial charge in [-0.05, 0) is 30.9 Å². The van der Waals surface area contributed by atoms with Crippen molar-refractivity contribution in [2.75, 3.05) is 5.32 Å². The minimum atomic E-state index is 0.552. The van der Waals surface area contributed by atoms with E-state index in [2.05, 4.69) is 53.3 Å². The predicted molar refractivity (Wildman–Crippen MR) is 103 cm³/mol. The number of nitrogens with zero attached hydrogens (tertiary/aromatic N) is 2. The third kappa shape index (κ3) is 2.85. The van der Waals surface area contributed by atoms with Crippen LogP contribution in [0.2, 0.25) is 0 Å². The molecule has 3 aromatic rings. The molecule has 1 aliphatic carbocycles. The highest BCUT2D eigenvalue weighted by atomic mass is 16.5. The fourth-order valence-corrected chi connectivity index (χ4v) is 3.94. The van der Waals surface area contributed by atoms with E-state index >= 15 is 0 Å². The van der Waals surface area contributed by atoms with Gasteiger partial charge in [-0.2, -0.15) is 5.10 Å². The zero-order valence-electron chi connectivity index (χ0n) is 15.0. The lowest BCUT2D eigenvalue weighted by Gasteiger charge is -2.34. The fraction of sp³-hybridized carbons (Fsp3) is 0.318. The van der Waals surface area contributed by atoms with Gasteiger partial charge in [0.05, 0.1) is 17.9 Å². The standard InChI is InChI=1S/C22H23N3O/c1-15-9-19(10-15)23-18-8-7-17-13-25-20(14-26-22(17)11-18)12-21(24-25)16-5-3-2-4-6-16/h2-8,11-12,15,19,23H,9-10,13-14H2,1H3. The van der Waals surface area contributed by atoms with Crippen LogP contribution in [0.1, 0.15) is 31.0 Å². The molecule has 1 N–H and O–H groups in total. The number of nitrogens with one attached hydrogen (secondary N) is 1. The molecule has 132 valence electrons. The van der Waals surface area contributed by atoms with Crippen molar-refractivity contribution in [1.82, 2.24) is 9.78 Å². The topological polar surface area (TPSA) is 39.1 Å². The summed E-state index contributed by atoms with van der Waals surface area (Å²) in [6.45, 7) is 3.61. The number of ether oxygens (including phenoxy) is 1. The zero-order chi connectivity index (χ0) is 17.5. The van der Waals surface area contributed by atoms with Crippen molar-refractivity contribution in [1.29, 1.82) is 0 Å². The second-order valence-electron chi connectivity index (χ2n) is 7.57. The Labute approximate surface area is 153 Å². The molecule has 0 saturated heterocycles. The van der Waals surface area contributed by atoms with Gasteiger partial charge in [-0.25, -0.2) is 0 Å². The van der Waals surface area contributed by atoms with Gasteiger partial charge in [-0.15, -0.1) is 0 Å². The largest absolute Gasteiger partial charge is 0.487 e. The van der Waals surface area contributed by atoms with E-state index in [0.717, 1.165) is 40.9 Å². The highest BCUT2D eigenvalue weighted by molar-refractivity contribution is 5.59. The first kappa shape index (κ1) is 15.5. The van der Waals surface area contributed by atoms with E-state index in [9.17, 15) is 0 Å². The van der Waals surface area contributed by atoms with Gasteiger partial charge in [-0.3, -0.25) is 4.68 Å². The van der Waals surface area contributed by atoms with E-state index in [1.165, 1.54) is 18.4 Å². The molecule has 1 fully saturated rings. The average molecular weight is 345 g/mol. The van der Waals surface area contributed by atoms with Crippen LogP contribution in [0.4, 0.5) is 5.69 Å². The first-order valence-electron chi connectivity index (χ1n) is 9.39. The summed E-state index contributed by atoms with van der Waals surface area (Å²) in [5.41, 5.74) is 5.60. The van der Waals surface area contributed by atoms with Gasteiger partial charge in [0.15, 0.2) is 0 Å². The van der Waals surface area contributed by atoms with Crippen molar-refractivity contribution in [3.8, 4) is 17.0 Å². The third-order valence-corrected chi connectivity index (χ3v) is 5.44. The van der Waals surface area contributed by atoms with E-state index < -0.39 is 0 Å². The molecule has 1 aromatic heterocycles. The van der Waals surface area contributed by atoms with Crippen molar-refractivity contribution in [3.05, 3.63) is 65.9 Å². The summed E-state index contributed by atoms with van der Waals surface area (Å²) in [5, 5.41) is 8.42. The molecule has 0 bridgehead atoms. The molecule has 0 unspecified atom stereocenters. The van der Waals surface area contributed by atoms with Crippen LogP contribution in [0.3, 0.4) is 0 Å². The number of aromatic nitrogens is 2. The van der Waals surface area contributed by atoms with E-state index in [-0.39, 0.29) is 0 Å². The Kier molecular flexibility index (Phi) is 3.70. The van der Waals surface area contributed by atoms with Crippen LogP contribution in [-0.4, -0.2) is 15.8 Å². The van der Waals surface area contributed by atoms with Crippen LogP contribution in [0, 0.1) is 5.92 Å². The predicted octanol–water partition coefficient (Wildman–Crippen LogP) is 4.70. The molecular formula is C22H23N3O. The molecule has 2 heterocycles. The fourth-order valence-electron chi connectivity index (χ4n) is 3.94. The van der Waals surface area contributed by atoms with E-state index in [1.54, 1.807) is 0 Å². The van der Waals surface area contributed by atoms with Crippen molar-refractivity contribution in [2.24, 2.45) is 5.92 Å². The van der Waals surface area contributed by atoms with Gasteiger partial charge in [0.2, 0.25) is 0 Å². The summed E-state index contributed by atoms with van der Waals surface area (Å²) < 4.78 is 8.18. The van der Waals surface area contributed by atoms with Gasteiger partial charge >= 0.3 is 0 Å². The summed E-state index contributed by atoms with van der Waals surface area (Å²) in [7, 11) is 0. The van der Waals surface area contributed by atoms with Crippen LogP contribution < -0.4 is 10.1 Å². The average Bonchev–Trinajstić information content (AvgIpc) is 2.96. The smallest absolute Gasteiger partial charge is 0.130 e. The minimum Gasteiger partial charge on any atom is -0.487 e. The Morgan fingerprint density at radius 3 is 2.73 bits per heavy atom. The summed E-state index contributed by atoms with van der Waals surface area (Å²) in [4.78, 5) is 0. The van der Waals surface area contributed by atoms with Gasteiger partial charge in [0.25, 0.3) is 0 Å². The Balaban J connectivity index is 1.38. The van der Waals surface area contributed by atoms with E-state index in [4.69, 9.17) is 9.84 Å². The Morgan fingerprint density at radius 1 is 1.08 bits per heavy atom. The normalized spacial score (nSPS) is 21.0. The van der Waals surface area contributed by atoms with Crippen LogP contribution >= 0.6 is 0 Å². The maximum absolute atomic E-state index is 6.12. The Bertz CT molecular complexity index is 926. The lowest BCUT2D eigenvalue weighted by molar-refractivity contribution is 0.300. The number of hydrogen-bond donors (Lipinski definition) is 1. The molecule has 1 saturated carbocycles. The highest BCUT2D eigenvalue weighted by Gasteiger charge is 2.25. The maximum Gasteiger partial charge on any atom is 0.130 e. The number of fused-ring (bicyclic) bond motifs is 2. The minimum absolute atomic E-state index is 0.552. The first-order chi connectivity index (χ1) is 12.7. The highest BCUT2D eigenvalue weighted by Crippen LogP contribution is 2.33. The molecule has 4 nitrogen and oxygen atoms in total. The second kappa shape index (κ2) is 6.20. The second-order valence-corrected chi connectivity index (χ2v) is 7.57. The quantitative estimate of drug-likeness (QED) is 0.748. The van der Waals surface area contributed by atoms with Crippen molar-refractivity contribution < 1.29 is 4.74 Å². The molecule has 0 amide bonds. The summed E-state index contributed by atoms with van der Waals surface area (Å²) in [6, 6.07) is 19.5. The molecule has 4 heteroatoms. The molecule has 0 atom stereocenters. The van der Waals surface area contributed by atoms with Crippen LogP contribution in [0.25, 0.3) is 11.3 Å². The SMILES string of the molecule is CC1CC(Nc2ccc3c(c2)OCc2cc(-c4ccccc4)nn2C3)C1. The summed E-state index contributed by atoms with van der Waals surface area (Å²) in [5.74, 6) is 1.81. The van der Waals surface area contributed by atoms with Gasteiger partial charge in [0, 0.05) is 28.9 Å². The third-order valence-electron chi connectivity index (χ3n) is 5.44. The summed E-state index contributed by atoms with van der Waals surface area (Å²) in [6.07, 6.45) is 2.52.